The highest BCUT2D eigenvalue weighted by Gasteiger charge is 2.35. The average molecular weight is 293 g/mol. The van der Waals surface area contributed by atoms with Gasteiger partial charge in [0.15, 0.2) is 5.69 Å². The number of rotatable bonds is 5. The summed E-state index contributed by atoms with van der Waals surface area (Å²) in [6, 6.07) is 0.0338. The summed E-state index contributed by atoms with van der Waals surface area (Å²) in [6.07, 6.45) is 3.09. The number of aromatic nitrogens is 3. The fourth-order valence-electron chi connectivity index (χ4n) is 2.16. The van der Waals surface area contributed by atoms with Crippen LogP contribution in [0, 0.1) is 0 Å². The Morgan fingerprint density at radius 2 is 2.24 bits per heavy atom. The van der Waals surface area contributed by atoms with E-state index in [9.17, 15) is 9.59 Å². The van der Waals surface area contributed by atoms with Gasteiger partial charge < -0.3 is 14.9 Å². The number of carboxylic acids is 1. The lowest BCUT2D eigenvalue weighted by atomic mass is 10.1. The number of likely N-dealkylation sites (tertiary alicyclic amines) is 1. The Kier molecular flexibility index (Phi) is 4.25. The molecule has 0 bridgehead atoms. The summed E-state index contributed by atoms with van der Waals surface area (Å²) in [5.74, 6) is -1.11. The first-order valence-electron chi connectivity index (χ1n) is 6.75. The number of amides is 2. The van der Waals surface area contributed by atoms with Crippen molar-refractivity contribution < 1.29 is 14.7 Å². The van der Waals surface area contributed by atoms with E-state index in [0.717, 1.165) is 0 Å². The molecule has 0 radical (unpaired) electrons. The van der Waals surface area contributed by atoms with E-state index in [4.69, 9.17) is 5.11 Å². The Morgan fingerprint density at radius 3 is 2.71 bits per heavy atom. The van der Waals surface area contributed by atoms with E-state index in [1.165, 1.54) is 10.9 Å². The standard InChI is InChI=1S/C13H19N5O3/c1-4-5-17(9(2)3)13(21)16-6-10(7-16)18-8-11(12(19)20)14-15-18/h4,8-10H,1,5-7H2,2-3H3,(H,19,20). The van der Waals surface area contributed by atoms with E-state index >= 15 is 0 Å². The summed E-state index contributed by atoms with van der Waals surface area (Å²) in [4.78, 5) is 26.5. The number of nitrogens with zero attached hydrogens (tertiary/aromatic N) is 5. The highest BCUT2D eigenvalue weighted by Crippen LogP contribution is 2.22. The fraction of sp³-hybridized carbons (Fsp3) is 0.538. The smallest absolute Gasteiger partial charge is 0.358 e. The maximum atomic E-state index is 12.3. The van der Waals surface area contributed by atoms with Gasteiger partial charge in [-0.15, -0.1) is 11.7 Å². The lowest BCUT2D eigenvalue weighted by Gasteiger charge is -2.42. The van der Waals surface area contributed by atoms with Crippen molar-refractivity contribution in [3.05, 3.63) is 24.5 Å². The molecule has 8 heteroatoms. The van der Waals surface area contributed by atoms with Crippen molar-refractivity contribution >= 4 is 12.0 Å². The van der Waals surface area contributed by atoms with Crippen molar-refractivity contribution in [2.75, 3.05) is 19.6 Å². The maximum Gasteiger partial charge on any atom is 0.358 e. The van der Waals surface area contributed by atoms with E-state index in [2.05, 4.69) is 16.9 Å². The van der Waals surface area contributed by atoms with Gasteiger partial charge in [0.2, 0.25) is 0 Å². The molecule has 1 aromatic heterocycles. The highest BCUT2D eigenvalue weighted by molar-refractivity contribution is 5.84. The van der Waals surface area contributed by atoms with Crippen molar-refractivity contribution in [1.82, 2.24) is 24.8 Å². The molecule has 8 nitrogen and oxygen atoms in total. The number of aromatic carboxylic acids is 1. The number of hydrogen-bond acceptors (Lipinski definition) is 4. The van der Waals surface area contributed by atoms with E-state index in [0.29, 0.717) is 19.6 Å². The molecule has 2 amide bonds. The first-order chi connectivity index (χ1) is 9.93. The van der Waals surface area contributed by atoms with Crippen molar-refractivity contribution in [1.29, 1.82) is 0 Å². The fourth-order valence-corrected chi connectivity index (χ4v) is 2.16. The molecular formula is C13H19N5O3. The van der Waals surface area contributed by atoms with Crippen molar-refractivity contribution in [2.45, 2.75) is 25.9 Å². The predicted molar refractivity (Wildman–Crippen MR) is 75.0 cm³/mol. The van der Waals surface area contributed by atoms with Gasteiger partial charge in [-0.2, -0.15) is 0 Å². The number of carbonyl (C=O) groups is 2. The summed E-state index contributed by atoms with van der Waals surface area (Å²) < 4.78 is 1.50. The molecule has 0 aromatic carbocycles. The maximum absolute atomic E-state index is 12.3. The molecular weight excluding hydrogens is 274 g/mol. The van der Waals surface area contributed by atoms with Gasteiger partial charge in [0, 0.05) is 25.7 Å². The molecule has 114 valence electrons. The SMILES string of the molecule is C=CCN(C(=O)N1CC(n2cc(C(=O)O)nn2)C1)C(C)C. The number of carboxylic acid groups (broad SMARTS) is 1. The molecule has 1 saturated heterocycles. The van der Waals surface area contributed by atoms with Crippen LogP contribution in [0.1, 0.15) is 30.4 Å². The monoisotopic (exact) mass is 293 g/mol. The number of urea groups is 1. The Bertz CT molecular complexity index is 548. The van der Waals surface area contributed by atoms with Crippen molar-refractivity contribution in [3.63, 3.8) is 0 Å². The summed E-state index contributed by atoms with van der Waals surface area (Å²) in [7, 11) is 0. The summed E-state index contributed by atoms with van der Waals surface area (Å²) in [6.45, 7) is 9.07. The lowest BCUT2D eigenvalue weighted by Crippen LogP contribution is -2.56. The third kappa shape index (κ3) is 3.04. The van der Waals surface area contributed by atoms with Gasteiger partial charge in [-0.05, 0) is 13.8 Å². The van der Waals surface area contributed by atoms with Gasteiger partial charge in [0.25, 0.3) is 0 Å². The zero-order valence-electron chi connectivity index (χ0n) is 12.1. The van der Waals surface area contributed by atoms with Crippen LogP contribution in [0.15, 0.2) is 18.9 Å². The van der Waals surface area contributed by atoms with Crippen LogP contribution < -0.4 is 0 Å². The van der Waals surface area contributed by atoms with Gasteiger partial charge in [-0.3, -0.25) is 0 Å². The Morgan fingerprint density at radius 1 is 1.57 bits per heavy atom. The third-order valence-electron chi connectivity index (χ3n) is 3.43. The van der Waals surface area contributed by atoms with Crippen LogP contribution in [0.3, 0.4) is 0 Å². The molecule has 0 saturated carbocycles. The molecule has 2 heterocycles. The Balaban J connectivity index is 1.94. The van der Waals surface area contributed by atoms with E-state index in [-0.39, 0.29) is 23.8 Å². The lowest BCUT2D eigenvalue weighted by molar-refractivity contribution is 0.0689. The molecule has 0 unspecified atom stereocenters. The zero-order chi connectivity index (χ0) is 15.6. The summed E-state index contributed by atoms with van der Waals surface area (Å²) >= 11 is 0. The number of carbonyl (C=O) groups excluding carboxylic acids is 1. The molecule has 1 aliphatic heterocycles. The van der Waals surface area contributed by atoms with E-state index < -0.39 is 5.97 Å². The highest BCUT2D eigenvalue weighted by atomic mass is 16.4. The summed E-state index contributed by atoms with van der Waals surface area (Å²) in [5, 5.41) is 16.2. The van der Waals surface area contributed by atoms with Gasteiger partial charge in [-0.25, -0.2) is 14.3 Å². The Labute approximate surface area is 122 Å². The van der Waals surface area contributed by atoms with Gasteiger partial charge in [0.1, 0.15) is 0 Å². The van der Waals surface area contributed by atoms with Gasteiger partial charge in [-0.1, -0.05) is 11.3 Å². The molecule has 2 rings (SSSR count). The summed E-state index contributed by atoms with van der Waals surface area (Å²) in [5.41, 5.74) is -0.0877. The molecule has 1 aliphatic rings. The first kappa shape index (κ1) is 15.0. The van der Waals surface area contributed by atoms with Crippen molar-refractivity contribution in [2.24, 2.45) is 0 Å². The quantitative estimate of drug-likeness (QED) is 0.813. The average Bonchev–Trinajstić information content (AvgIpc) is 2.83. The Hall–Kier alpha value is -2.38. The molecule has 1 aromatic rings. The van der Waals surface area contributed by atoms with E-state index in [1.807, 2.05) is 13.8 Å². The second-order valence-electron chi connectivity index (χ2n) is 5.27. The second-order valence-corrected chi connectivity index (χ2v) is 5.27. The third-order valence-corrected chi connectivity index (χ3v) is 3.43. The van der Waals surface area contributed by atoms with Gasteiger partial charge >= 0.3 is 12.0 Å². The van der Waals surface area contributed by atoms with Crippen LogP contribution in [0.2, 0.25) is 0 Å². The normalized spacial score (nSPS) is 14.9. The molecule has 0 atom stereocenters. The molecule has 0 aliphatic carbocycles. The van der Waals surface area contributed by atoms with Crippen molar-refractivity contribution in [3.8, 4) is 0 Å². The minimum atomic E-state index is -1.11. The minimum Gasteiger partial charge on any atom is -0.476 e. The molecule has 0 spiro atoms. The van der Waals surface area contributed by atoms with Crippen LogP contribution in [0.5, 0.6) is 0 Å². The largest absolute Gasteiger partial charge is 0.476 e. The van der Waals surface area contributed by atoms with E-state index in [1.54, 1.807) is 15.9 Å². The zero-order valence-corrected chi connectivity index (χ0v) is 12.1. The first-order valence-corrected chi connectivity index (χ1v) is 6.75. The van der Waals surface area contributed by atoms with Crippen LogP contribution >= 0.6 is 0 Å². The minimum absolute atomic E-state index is 0.0210. The van der Waals surface area contributed by atoms with Crippen LogP contribution in [-0.2, 0) is 0 Å². The number of hydrogen-bond donors (Lipinski definition) is 1. The molecule has 21 heavy (non-hydrogen) atoms. The predicted octanol–water partition coefficient (Wildman–Crippen LogP) is 0.849. The van der Waals surface area contributed by atoms with Gasteiger partial charge in [0.05, 0.1) is 12.2 Å². The molecule has 1 fully saturated rings. The second kappa shape index (κ2) is 5.94. The topological polar surface area (TPSA) is 91.6 Å². The van der Waals surface area contributed by atoms with Crippen LogP contribution in [0.25, 0.3) is 0 Å². The van der Waals surface area contributed by atoms with Crippen LogP contribution in [-0.4, -0.2) is 67.6 Å². The van der Waals surface area contributed by atoms with Crippen LogP contribution in [0.4, 0.5) is 4.79 Å². The molecule has 1 N–H and O–H groups in total.